The normalized spacial score (nSPS) is 22.9. The highest BCUT2D eigenvalue weighted by Crippen LogP contribution is 2.20. The number of hydrogen-bond donors (Lipinski definition) is 0. The van der Waals surface area contributed by atoms with E-state index >= 15 is 0 Å². The summed E-state index contributed by atoms with van der Waals surface area (Å²) >= 11 is 0. The van der Waals surface area contributed by atoms with Crippen molar-refractivity contribution in [2.24, 2.45) is 10.9 Å². The molecule has 0 amide bonds. The van der Waals surface area contributed by atoms with Crippen LogP contribution in [0.25, 0.3) is 0 Å². The number of allylic oxidation sites excluding steroid dienone is 6. The van der Waals surface area contributed by atoms with E-state index in [-0.39, 0.29) is 0 Å². The van der Waals surface area contributed by atoms with E-state index < -0.39 is 0 Å². The topological polar surface area (TPSA) is 12.4 Å². The van der Waals surface area contributed by atoms with Crippen molar-refractivity contribution in [1.82, 2.24) is 0 Å². The van der Waals surface area contributed by atoms with Gasteiger partial charge >= 0.3 is 0 Å². The van der Waals surface area contributed by atoms with E-state index in [1.807, 2.05) is 7.05 Å². The van der Waals surface area contributed by atoms with Crippen LogP contribution in [0.5, 0.6) is 0 Å². The Bertz CT molecular complexity index is 292. The average Bonchev–Trinajstić information content (AvgIpc) is 2.26. The van der Waals surface area contributed by atoms with E-state index in [0.717, 1.165) is 12.8 Å². The minimum Gasteiger partial charge on any atom is -0.293 e. The molecule has 0 heterocycles. The van der Waals surface area contributed by atoms with Gasteiger partial charge < -0.3 is 0 Å². The third kappa shape index (κ3) is 2.99. The first-order valence-corrected chi connectivity index (χ1v) is 5.25. The van der Waals surface area contributed by atoms with Crippen molar-refractivity contribution in [3.63, 3.8) is 0 Å². The molecule has 0 N–H and O–H groups in total. The molecule has 1 rings (SSSR count). The summed E-state index contributed by atoms with van der Waals surface area (Å²) in [6, 6.07) is 0. The van der Waals surface area contributed by atoms with Crippen LogP contribution in [-0.4, -0.2) is 12.8 Å². The van der Waals surface area contributed by atoms with Crippen molar-refractivity contribution < 1.29 is 0 Å². The second-order valence-electron chi connectivity index (χ2n) is 3.61. The summed E-state index contributed by atoms with van der Waals surface area (Å²) in [6.07, 6.45) is 13.1. The molecule has 0 aromatic rings. The lowest BCUT2D eigenvalue weighted by Gasteiger charge is -2.13. The second-order valence-corrected chi connectivity index (χ2v) is 3.61. The molecule has 1 nitrogen and oxygen atoms in total. The molecular formula is C13H19N. The van der Waals surface area contributed by atoms with Crippen molar-refractivity contribution in [3.8, 4) is 0 Å². The molecule has 0 radical (unpaired) electrons. The van der Waals surface area contributed by atoms with E-state index in [0.29, 0.717) is 5.92 Å². The molecule has 0 saturated carbocycles. The summed E-state index contributed by atoms with van der Waals surface area (Å²) in [4.78, 5) is 4.24. The van der Waals surface area contributed by atoms with Gasteiger partial charge in [0.05, 0.1) is 0 Å². The smallest absolute Gasteiger partial charge is 0.0341 e. The van der Waals surface area contributed by atoms with E-state index in [4.69, 9.17) is 0 Å². The van der Waals surface area contributed by atoms with Gasteiger partial charge in [-0.3, -0.25) is 4.99 Å². The Morgan fingerprint density at radius 1 is 1.50 bits per heavy atom. The Hall–Kier alpha value is -1.11. The zero-order valence-corrected chi connectivity index (χ0v) is 9.33. The maximum atomic E-state index is 4.24. The van der Waals surface area contributed by atoms with Crippen LogP contribution >= 0.6 is 0 Å². The van der Waals surface area contributed by atoms with Crippen molar-refractivity contribution >= 4 is 5.71 Å². The highest BCUT2D eigenvalue weighted by Gasteiger charge is 2.07. The lowest BCUT2D eigenvalue weighted by Crippen LogP contribution is -2.02. The maximum Gasteiger partial charge on any atom is 0.0341 e. The predicted octanol–water partition coefficient (Wildman–Crippen LogP) is 3.55. The maximum absolute atomic E-state index is 4.24. The summed E-state index contributed by atoms with van der Waals surface area (Å²) < 4.78 is 0. The molecule has 0 fully saturated rings. The monoisotopic (exact) mass is 189 g/mol. The standard InChI is InChI=1S/C13H19N/c1-4-13(14-3)10-11(2)12-8-6-5-7-9-12/h5-8,10,12H,4,9H2,1-3H3. The van der Waals surface area contributed by atoms with Gasteiger partial charge in [0.15, 0.2) is 0 Å². The molecule has 0 aliphatic heterocycles. The van der Waals surface area contributed by atoms with Crippen LogP contribution in [0.2, 0.25) is 0 Å². The summed E-state index contributed by atoms with van der Waals surface area (Å²) in [6.45, 7) is 4.33. The van der Waals surface area contributed by atoms with Crippen molar-refractivity contribution in [3.05, 3.63) is 36.0 Å². The van der Waals surface area contributed by atoms with E-state index in [1.165, 1.54) is 11.3 Å². The van der Waals surface area contributed by atoms with Gasteiger partial charge in [0, 0.05) is 18.7 Å². The SMILES string of the molecule is CCC(C=C(C)C1C=CC=CC1)=NC. The number of hydrogen-bond acceptors (Lipinski definition) is 1. The summed E-state index contributed by atoms with van der Waals surface area (Å²) in [5.41, 5.74) is 2.60. The van der Waals surface area contributed by atoms with E-state index in [2.05, 4.69) is 49.2 Å². The molecule has 14 heavy (non-hydrogen) atoms. The van der Waals surface area contributed by atoms with Gasteiger partial charge in [-0.25, -0.2) is 0 Å². The quantitative estimate of drug-likeness (QED) is 0.602. The minimum atomic E-state index is 0.572. The molecule has 1 unspecified atom stereocenters. The third-order valence-electron chi connectivity index (χ3n) is 2.61. The molecule has 1 aliphatic carbocycles. The first kappa shape index (κ1) is 11.0. The fraction of sp³-hybridized carbons (Fsp3) is 0.462. The number of aliphatic imine (C=N–C) groups is 1. The Balaban J connectivity index is 2.68. The van der Waals surface area contributed by atoms with E-state index in [9.17, 15) is 0 Å². The molecule has 1 aliphatic rings. The largest absolute Gasteiger partial charge is 0.293 e. The van der Waals surface area contributed by atoms with Gasteiger partial charge in [0.2, 0.25) is 0 Å². The van der Waals surface area contributed by atoms with Crippen LogP contribution < -0.4 is 0 Å². The molecule has 1 heteroatoms. The second kappa shape index (κ2) is 5.58. The molecule has 76 valence electrons. The third-order valence-corrected chi connectivity index (χ3v) is 2.61. The van der Waals surface area contributed by atoms with Gasteiger partial charge in [-0.1, -0.05) is 36.8 Å². The molecule has 0 bridgehead atoms. The van der Waals surface area contributed by atoms with Gasteiger partial charge in [0.1, 0.15) is 0 Å². The Morgan fingerprint density at radius 3 is 2.79 bits per heavy atom. The summed E-state index contributed by atoms with van der Waals surface area (Å²) in [5, 5.41) is 0. The minimum absolute atomic E-state index is 0.572. The van der Waals surface area contributed by atoms with Gasteiger partial charge in [-0.15, -0.1) is 0 Å². The molecule has 0 aromatic carbocycles. The van der Waals surface area contributed by atoms with Crippen LogP contribution in [0.15, 0.2) is 40.9 Å². The summed E-state index contributed by atoms with van der Waals surface area (Å²) in [7, 11) is 1.86. The van der Waals surface area contributed by atoms with Crippen LogP contribution in [-0.2, 0) is 0 Å². The average molecular weight is 189 g/mol. The Morgan fingerprint density at radius 2 is 2.29 bits per heavy atom. The Kier molecular flexibility index (Phi) is 4.37. The summed E-state index contributed by atoms with van der Waals surface area (Å²) in [5.74, 6) is 0.572. The number of rotatable bonds is 3. The predicted molar refractivity (Wildman–Crippen MR) is 63.8 cm³/mol. The van der Waals surface area contributed by atoms with Crippen molar-refractivity contribution in [2.75, 3.05) is 7.05 Å². The van der Waals surface area contributed by atoms with Gasteiger partial charge in [-0.05, 0) is 25.8 Å². The first-order chi connectivity index (χ1) is 6.77. The van der Waals surface area contributed by atoms with Crippen LogP contribution in [0, 0.1) is 5.92 Å². The highest BCUT2D eigenvalue weighted by molar-refractivity contribution is 5.95. The molecule has 0 aromatic heterocycles. The highest BCUT2D eigenvalue weighted by atomic mass is 14.7. The van der Waals surface area contributed by atoms with E-state index in [1.54, 1.807) is 0 Å². The molecule has 0 spiro atoms. The van der Waals surface area contributed by atoms with Gasteiger partial charge in [-0.2, -0.15) is 0 Å². The van der Waals surface area contributed by atoms with Crippen LogP contribution in [0.4, 0.5) is 0 Å². The lowest BCUT2D eigenvalue weighted by atomic mass is 9.92. The molecule has 0 saturated heterocycles. The zero-order valence-electron chi connectivity index (χ0n) is 9.33. The first-order valence-electron chi connectivity index (χ1n) is 5.25. The molecule has 1 atom stereocenters. The zero-order chi connectivity index (χ0) is 10.4. The fourth-order valence-corrected chi connectivity index (χ4v) is 1.61. The van der Waals surface area contributed by atoms with Crippen LogP contribution in [0.1, 0.15) is 26.7 Å². The fourth-order valence-electron chi connectivity index (χ4n) is 1.61. The molecular weight excluding hydrogens is 170 g/mol. The number of nitrogens with zero attached hydrogens (tertiary/aromatic N) is 1. The Labute approximate surface area is 86.9 Å². The van der Waals surface area contributed by atoms with Crippen molar-refractivity contribution in [1.29, 1.82) is 0 Å². The van der Waals surface area contributed by atoms with Crippen LogP contribution in [0.3, 0.4) is 0 Å². The lowest BCUT2D eigenvalue weighted by molar-refractivity contribution is 0.767. The van der Waals surface area contributed by atoms with Crippen molar-refractivity contribution in [2.45, 2.75) is 26.7 Å². The van der Waals surface area contributed by atoms with Gasteiger partial charge in [0.25, 0.3) is 0 Å².